The van der Waals surface area contributed by atoms with Crippen LogP contribution in [0.2, 0.25) is 0 Å². The van der Waals surface area contributed by atoms with Crippen LogP contribution in [0.1, 0.15) is 55.6 Å². The van der Waals surface area contributed by atoms with Gasteiger partial charge in [-0.15, -0.1) is 0 Å². The van der Waals surface area contributed by atoms with Gasteiger partial charge in [-0.05, 0) is 43.5 Å². The van der Waals surface area contributed by atoms with Crippen LogP contribution >= 0.6 is 0 Å². The van der Waals surface area contributed by atoms with Crippen molar-refractivity contribution >= 4 is 52.0 Å². The maximum Gasteiger partial charge on any atom is 0.270 e. The third-order valence-corrected chi connectivity index (χ3v) is 8.77. The van der Waals surface area contributed by atoms with E-state index in [2.05, 4.69) is 30.5 Å². The summed E-state index contributed by atoms with van der Waals surface area (Å²) in [4.78, 5) is 67.4. The van der Waals surface area contributed by atoms with Crippen LogP contribution in [0.5, 0.6) is 0 Å². The molecule has 5 heterocycles. The van der Waals surface area contributed by atoms with Gasteiger partial charge in [0.15, 0.2) is 5.78 Å². The van der Waals surface area contributed by atoms with Crippen molar-refractivity contribution in [2.75, 3.05) is 43.9 Å². The molecule has 2 saturated heterocycles. The molecule has 0 spiro atoms. The molecular formula is C30H37N9O4. The Balaban J connectivity index is 1.20. The van der Waals surface area contributed by atoms with Crippen LogP contribution in [0.3, 0.4) is 0 Å². The molecule has 13 nitrogen and oxygen atoms in total. The van der Waals surface area contributed by atoms with Gasteiger partial charge in [0.1, 0.15) is 17.2 Å². The molecule has 2 bridgehead atoms. The number of anilines is 3. The second kappa shape index (κ2) is 11.7. The molecule has 3 amide bonds. The van der Waals surface area contributed by atoms with Crippen molar-refractivity contribution in [2.24, 2.45) is 11.8 Å². The average molecular weight is 588 g/mol. The van der Waals surface area contributed by atoms with Gasteiger partial charge in [-0.3, -0.25) is 19.2 Å². The van der Waals surface area contributed by atoms with Gasteiger partial charge in [0, 0.05) is 63.6 Å². The molecule has 3 aromatic heterocycles. The molecule has 1 saturated carbocycles. The molecule has 226 valence electrons. The van der Waals surface area contributed by atoms with Gasteiger partial charge in [-0.25, -0.2) is 9.97 Å². The van der Waals surface area contributed by atoms with Crippen LogP contribution < -0.4 is 20.9 Å². The zero-order valence-corrected chi connectivity index (χ0v) is 24.7. The summed E-state index contributed by atoms with van der Waals surface area (Å²) >= 11 is 0. The SMILES string of the molecule is CC(=O)NCC(=O)C1[C@@H]2CN[C@@H]1CN(c1ccc(Nc3ncc4cc(C(=O)N(C)C)n(C5CCCC5)c4n3)nc1)C(=O)C2. The molecule has 1 aliphatic carbocycles. The quantitative estimate of drug-likeness (QED) is 0.359. The van der Waals surface area contributed by atoms with Crippen LogP contribution in [-0.4, -0.2) is 87.7 Å². The fourth-order valence-corrected chi connectivity index (χ4v) is 6.69. The first-order valence-corrected chi connectivity index (χ1v) is 14.8. The molecule has 3 fully saturated rings. The molecule has 13 heteroatoms. The smallest absolute Gasteiger partial charge is 0.270 e. The van der Waals surface area contributed by atoms with E-state index >= 15 is 0 Å². The lowest BCUT2D eigenvalue weighted by Gasteiger charge is -2.26. The second-order valence-electron chi connectivity index (χ2n) is 11.9. The summed E-state index contributed by atoms with van der Waals surface area (Å²) in [5.41, 5.74) is 1.97. The van der Waals surface area contributed by atoms with Crippen LogP contribution in [0.15, 0.2) is 30.6 Å². The van der Waals surface area contributed by atoms with E-state index in [0.29, 0.717) is 41.9 Å². The third-order valence-electron chi connectivity index (χ3n) is 8.77. The lowest BCUT2D eigenvalue weighted by atomic mass is 9.85. The van der Waals surface area contributed by atoms with Gasteiger partial charge in [0.25, 0.3) is 5.91 Å². The number of carbonyl (C=O) groups is 4. The lowest BCUT2D eigenvalue weighted by Crippen LogP contribution is -2.45. The summed E-state index contributed by atoms with van der Waals surface area (Å²) < 4.78 is 2.06. The monoisotopic (exact) mass is 587 g/mol. The molecular weight excluding hydrogens is 550 g/mol. The van der Waals surface area contributed by atoms with Crippen molar-refractivity contribution in [3.8, 4) is 0 Å². The minimum atomic E-state index is -0.335. The predicted molar refractivity (Wildman–Crippen MR) is 160 cm³/mol. The van der Waals surface area contributed by atoms with E-state index in [0.717, 1.165) is 31.1 Å². The largest absolute Gasteiger partial charge is 0.349 e. The van der Waals surface area contributed by atoms with E-state index in [1.54, 1.807) is 42.4 Å². The van der Waals surface area contributed by atoms with E-state index in [-0.39, 0.29) is 60.4 Å². The number of fused-ring (bicyclic) bond motifs is 3. The summed E-state index contributed by atoms with van der Waals surface area (Å²) in [6, 6.07) is 5.46. The standard InChI is InChI=1S/C30H37N9O4/c1-17(40)31-15-24(41)27-18-11-26(42)38(16-22(27)32-12-18)21-8-9-25(33-14-21)35-30-34-13-19-10-23(29(43)37(2)3)39(28(19)36-30)20-6-4-5-7-20/h8-10,13-14,18,20,22,27,32H,4-7,11-12,15-16H2,1-3H3,(H,31,40)(H,33,34,35,36)/t18-,22+,27?/m0/s1. The molecule has 0 aromatic carbocycles. The number of nitrogens with zero attached hydrogens (tertiary/aromatic N) is 6. The number of nitrogens with one attached hydrogen (secondary N) is 3. The Hall–Kier alpha value is -4.39. The van der Waals surface area contributed by atoms with Crippen LogP contribution in [0, 0.1) is 11.8 Å². The molecule has 2 aliphatic heterocycles. The number of rotatable bonds is 8. The van der Waals surface area contributed by atoms with E-state index in [1.165, 1.54) is 6.92 Å². The number of aromatic nitrogens is 4. The first-order valence-electron chi connectivity index (χ1n) is 14.8. The van der Waals surface area contributed by atoms with Crippen molar-refractivity contribution in [1.29, 1.82) is 0 Å². The highest BCUT2D eigenvalue weighted by molar-refractivity contribution is 5.98. The molecule has 3 aromatic rings. The Kier molecular flexibility index (Phi) is 7.82. The van der Waals surface area contributed by atoms with Gasteiger partial charge in [0.2, 0.25) is 17.8 Å². The number of carbonyl (C=O) groups excluding carboxylic acids is 4. The molecule has 1 unspecified atom stereocenters. The Morgan fingerprint density at radius 3 is 2.60 bits per heavy atom. The second-order valence-corrected chi connectivity index (χ2v) is 11.9. The van der Waals surface area contributed by atoms with Gasteiger partial charge < -0.3 is 30.3 Å². The van der Waals surface area contributed by atoms with Gasteiger partial charge in [0.05, 0.1) is 18.4 Å². The Morgan fingerprint density at radius 2 is 1.91 bits per heavy atom. The summed E-state index contributed by atoms with van der Waals surface area (Å²) in [6.45, 7) is 2.29. The van der Waals surface area contributed by atoms with Crippen molar-refractivity contribution in [2.45, 2.75) is 51.1 Å². The van der Waals surface area contributed by atoms with E-state index in [9.17, 15) is 19.2 Å². The van der Waals surface area contributed by atoms with E-state index in [4.69, 9.17) is 4.98 Å². The highest BCUT2D eigenvalue weighted by atomic mass is 16.2. The first kappa shape index (κ1) is 28.7. The van der Waals surface area contributed by atoms with Gasteiger partial charge in [-0.1, -0.05) is 12.8 Å². The predicted octanol–water partition coefficient (Wildman–Crippen LogP) is 2.03. The van der Waals surface area contributed by atoms with Gasteiger partial charge >= 0.3 is 0 Å². The molecule has 3 aliphatic rings. The number of amides is 3. The van der Waals surface area contributed by atoms with Crippen molar-refractivity contribution in [1.82, 2.24) is 35.1 Å². The Morgan fingerprint density at radius 1 is 1.12 bits per heavy atom. The number of ketones is 1. The van der Waals surface area contributed by atoms with Crippen LogP contribution in [-0.2, 0) is 14.4 Å². The Bertz CT molecular complexity index is 1560. The normalized spacial score (nSPS) is 22.1. The third kappa shape index (κ3) is 5.68. The fourth-order valence-electron chi connectivity index (χ4n) is 6.69. The summed E-state index contributed by atoms with van der Waals surface area (Å²) in [5, 5.41) is 9.95. The van der Waals surface area contributed by atoms with E-state index < -0.39 is 0 Å². The highest BCUT2D eigenvalue weighted by Gasteiger charge is 2.45. The topological polar surface area (TPSA) is 154 Å². The van der Waals surface area contributed by atoms with E-state index in [1.807, 2.05) is 12.1 Å². The zero-order valence-electron chi connectivity index (χ0n) is 24.7. The molecule has 3 N–H and O–H groups in total. The number of Topliss-reactive ketones (excluding diaryl/α,β-unsaturated/α-hetero) is 1. The minimum Gasteiger partial charge on any atom is -0.349 e. The minimum absolute atomic E-state index is 0.0304. The highest BCUT2D eigenvalue weighted by Crippen LogP contribution is 2.35. The maximum absolute atomic E-state index is 13.2. The van der Waals surface area contributed by atoms with Crippen molar-refractivity contribution in [3.63, 3.8) is 0 Å². The Labute approximate surface area is 249 Å². The maximum atomic E-state index is 13.2. The lowest BCUT2D eigenvalue weighted by molar-refractivity contribution is -0.127. The average Bonchev–Trinajstić information content (AvgIpc) is 3.71. The number of hydrogen-bond donors (Lipinski definition) is 3. The summed E-state index contributed by atoms with van der Waals surface area (Å²) in [6.07, 6.45) is 7.84. The molecule has 6 rings (SSSR count). The van der Waals surface area contributed by atoms with Gasteiger partial charge in [-0.2, -0.15) is 4.98 Å². The van der Waals surface area contributed by atoms with Crippen LogP contribution in [0.25, 0.3) is 11.0 Å². The zero-order chi connectivity index (χ0) is 30.2. The summed E-state index contributed by atoms with van der Waals surface area (Å²) in [5.74, 6) is -0.00239. The van der Waals surface area contributed by atoms with Crippen LogP contribution in [0.4, 0.5) is 17.5 Å². The molecule has 0 radical (unpaired) electrons. The van der Waals surface area contributed by atoms with Crippen molar-refractivity contribution < 1.29 is 19.2 Å². The number of pyridine rings is 1. The first-order chi connectivity index (χ1) is 20.7. The number of hydrogen-bond acceptors (Lipinski definition) is 9. The fraction of sp³-hybridized carbons (Fsp3) is 0.500. The molecule has 3 atom stereocenters. The molecule has 43 heavy (non-hydrogen) atoms. The van der Waals surface area contributed by atoms with Crippen molar-refractivity contribution in [3.05, 3.63) is 36.3 Å². The summed E-state index contributed by atoms with van der Waals surface area (Å²) in [7, 11) is 3.50.